The molecule has 2 aromatic carbocycles. The van der Waals surface area contributed by atoms with Crippen LogP contribution in [-0.2, 0) is 23.1 Å². The highest BCUT2D eigenvalue weighted by Crippen LogP contribution is 2.14. The van der Waals surface area contributed by atoms with Gasteiger partial charge in [-0.3, -0.25) is 4.99 Å². The average Bonchev–Trinajstić information content (AvgIpc) is 2.56. The number of rotatable bonds is 5. The minimum Gasteiger partial charge on any atom is -0.352 e. The normalized spacial score (nSPS) is 11.6. The third-order valence-electron chi connectivity index (χ3n) is 3.31. The van der Waals surface area contributed by atoms with E-state index in [1.165, 1.54) is 12.1 Å². The predicted molar refractivity (Wildman–Crippen MR) is 112 cm³/mol. The summed E-state index contributed by atoms with van der Waals surface area (Å²) in [5, 5.41) is 12.1. The smallest absolute Gasteiger partial charge is 0.238 e. The van der Waals surface area contributed by atoms with Crippen LogP contribution in [0.4, 0.5) is 0 Å². The number of primary sulfonamides is 1. The first kappa shape index (κ1) is 21.7. The quantitative estimate of drug-likeness (QED) is 0.338. The lowest BCUT2D eigenvalue weighted by Crippen LogP contribution is -2.36. The van der Waals surface area contributed by atoms with Crippen molar-refractivity contribution in [3.05, 3.63) is 64.7 Å². The molecule has 0 atom stereocenters. The van der Waals surface area contributed by atoms with E-state index in [2.05, 4.69) is 15.6 Å². The van der Waals surface area contributed by atoms with E-state index in [-0.39, 0.29) is 28.9 Å². The molecule has 0 aliphatic carbocycles. The number of aliphatic imine (C=N–C) groups is 1. The minimum absolute atomic E-state index is 0. The SMILES string of the molecule is CN=C(NCc1cccc(S(N)(=O)=O)c1)NCc1ccccc1Cl.I. The highest BCUT2D eigenvalue weighted by Gasteiger charge is 2.08. The number of benzene rings is 2. The molecule has 0 bridgehead atoms. The number of hydrogen-bond acceptors (Lipinski definition) is 3. The fourth-order valence-corrected chi connectivity index (χ4v) is 2.85. The molecule has 4 N–H and O–H groups in total. The zero-order valence-electron chi connectivity index (χ0n) is 13.6. The summed E-state index contributed by atoms with van der Waals surface area (Å²) in [5.74, 6) is 0.580. The van der Waals surface area contributed by atoms with Gasteiger partial charge in [-0.25, -0.2) is 13.6 Å². The van der Waals surface area contributed by atoms with E-state index in [1.54, 1.807) is 13.1 Å². The molecule has 0 unspecified atom stereocenters. The first-order valence-electron chi connectivity index (χ1n) is 7.20. The lowest BCUT2D eigenvalue weighted by atomic mass is 10.2. The van der Waals surface area contributed by atoms with Crippen molar-refractivity contribution in [1.82, 2.24) is 10.6 Å². The first-order valence-corrected chi connectivity index (χ1v) is 9.12. The number of hydrogen-bond donors (Lipinski definition) is 3. The summed E-state index contributed by atoms with van der Waals surface area (Å²) >= 11 is 6.11. The molecule has 0 saturated carbocycles. The van der Waals surface area contributed by atoms with Crippen LogP contribution in [0.3, 0.4) is 0 Å². The third kappa shape index (κ3) is 6.81. The lowest BCUT2D eigenvalue weighted by molar-refractivity contribution is 0.597. The molecule has 0 spiro atoms. The molecule has 0 aromatic heterocycles. The Balaban J connectivity index is 0.00000312. The summed E-state index contributed by atoms with van der Waals surface area (Å²) in [6.45, 7) is 0.933. The monoisotopic (exact) mass is 494 g/mol. The highest BCUT2D eigenvalue weighted by atomic mass is 127. The third-order valence-corrected chi connectivity index (χ3v) is 4.59. The van der Waals surface area contributed by atoms with E-state index >= 15 is 0 Å². The Labute approximate surface area is 169 Å². The van der Waals surface area contributed by atoms with E-state index < -0.39 is 10.0 Å². The molecule has 2 aromatic rings. The maximum atomic E-state index is 11.4. The number of nitrogens with zero attached hydrogens (tertiary/aromatic N) is 1. The van der Waals surface area contributed by atoms with Crippen molar-refractivity contribution in [2.75, 3.05) is 7.05 Å². The van der Waals surface area contributed by atoms with Crippen LogP contribution in [0.15, 0.2) is 58.4 Å². The number of sulfonamides is 1. The van der Waals surface area contributed by atoms with E-state index in [1.807, 2.05) is 30.3 Å². The lowest BCUT2D eigenvalue weighted by Gasteiger charge is -2.13. The largest absolute Gasteiger partial charge is 0.352 e. The molecule has 0 amide bonds. The summed E-state index contributed by atoms with van der Waals surface area (Å²) in [7, 11) is -2.05. The summed E-state index contributed by atoms with van der Waals surface area (Å²) in [6, 6.07) is 14.0. The van der Waals surface area contributed by atoms with Crippen LogP contribution in [0.2, 0.25) is 5.02 Å². The van der Waals surface area contributed by atoms with Gasteiger partial charge in [0.05, 0.1) is 4.90 Å². The second-order valence-corrected chi connectivity index (χ2v) is 7.03. The molecule has 6 nitrogen and oxygen atoms in total. The fraction of sp³-hybridized carbons (Fsp3) is 0.188. The van der Waals surface area contributed by atoms with Gasteiger partial charge in [0, 0.05) is 25.2 Å². The van der Waals surface area contributed by atoms with Crippen molar-refractivity contribution in [1.29, 1.82) is 0 Å². The van der Waals surface area contributed by atoms with Crippen molar-refractivity contribution in [2.24, 2.45) is 10.1 Å². The molecule has 2 rings (SSSR count). The van der Waals surface area contributed by atoms with Gasteiger partial charge in [0.2, 0.25) is 10.0 Å². The van der Waals surface area contributed by atoms with Gasteiger partial charge in [0.15, 0.2) is 5.96 Å². The van der Waals surface area contributed by atoms with Gasteiger partial charge in [-0.15, -0.1) is 24.0 Å². The van der Waals surface area contributed by atoms with Crippen molar-refractivity contribution in [3.63, 3.8) is 0 Å². The Hall–Kier alpha value is -1.36. The second-order valence-electron chi connectivity index (χ2n) is 5.06. The summed E-state index contributed by atoms with van der Waals surface area (Å²) in [4.78, 5) is 4.21. The van der Waals surface area contributed by atoms with Gasteiger partial charge in [-0.2, -0.15) is 0 Å². The van der Waals surface area contributed by atoms with E-state index in [0.717, 1.165) is 11.1 Å². The minimum atomic E-state index is -3.71. The summed E-state index contributed by atoms with van der Waals surface area (Å²) in [6.07, 6.45) is 0. The standard InChI is InChI=1S/C16H19ClN4O2S.HI/c1-19-16(21-11-13-6-2-3-8-15(13)17)20-10-12-5-4-7-14(9-12)24(18,22)23;/h2-9H,10-11H2,1H3,(H2,18,22,23)(H2,19,20,21);1H. The van der Waals surface area contributed by atoms with Crippen molar-refractivity contribution >= 4 is 51.6 Å². The van der Waals surface area contributed by atoms with Gasteiger partial charge in [-0.1, -0.05) is 41.9 Å². The zero-order chi connectivity index (χ0) is 17.6. The van der Waals surface area contributed by atoms with E-state index in [9.17, 15) is 8.42 Å². The first-order chi connectivity index (χ1) is 11.4. The Morgan fingerprint density at radius 1 is 1.12 bits per heavy atom. The zero-order valence-corrected chi connectivity index (χ0v) is 17.5. The molecule has 136 valence electrons. The van der Waals surface area contributed by atoms with Gasteiger partial charge >= 0.3 is 0 Å². The Morgan fingerprint density at radius 3 is 2.44 bits per heavy atom. The number of guanidine groups is 1. The Bertz CT molecular complexity index is 844. The fourth-order valence-electron chi connectivity index (χ4n) is 2.06. The van der Waals surface area contributed by atoms with E-state index in [0.29, 0.717) is 24.1 Å². The molecule has 25 heavy (non-hydrogen) atoms. The average molecular weight is 495 g/mol. The van der Waals surface area contributed by atoms with Crippen LogP contribution < -0.4 is 15.8 Å². The van der Waals surface area contributed by atoms with Crippen LogP contribution in [0.5, 0.6) is 0 Å². The van der Waals surface area contributed by atoms with Crippen molar-refractivity contribution < 1.29 is 8.42 Å². The maximum Gasteiger partial charge on any atom is 0.238 e. The molecule has 0 aliphatic heterocycles. The molecule has 0 heterocycles. The van der Waals surface area contributed by atoms with Crippen LogP contribution in [-0.4, -0.2) is 21.4 Å². The molecular formula is C16H20ClIN4O2S. The topological polar surface area (TPSA) is 96.6 Å². The molecule has 0 fully saturated rings. The number of halogens is 2. The van der Waals surface area contributed by atoms with Crippen molar-refractivity contribution in [3.8, 4) is 0 Å². The van der Waals surface area contributed by atoms with Gasteiger partial charge in [-0.05, 0) is 29.3 Å². The van der Waals surface area contributed by atoms with Crippen LogP contribution in [0.25, 0.3) is 0 Å². The van der Waals surface area contributed by atoms with Gasteiger partial charge < -0.3 is 10.6 Å². The van der Waals surface area contributed by atoms with E-state index in [4.69, 9.17) is 16.7 Å². The summed E-state index contributed by atoms with van der Waals surface area (Å²) < 4.78 is 22.8. The van der Waals surface area contributed by atoms with Crippen LogP contribution in [0, 0.1) is 0 Å². The number of nitrogens with one attached hydrogen (secondary N) is 2. The molecule has 0 saturated heterocycles. The number of nitrogens with two attached hydrogens (primary N) is 1. The Kier molecular flexibility index (Phi) is 8.63. The van der Waals surface area contributed by atoms with Crippen LogP contribution in [0.1, 0.15) is 11.1 Å². The molecule has 9 heteroatoms. The molecular weight excluding hydrogens is 475 g/mol. The van der Waals surface area contributed by atoms with Crippen molar-refractivity contribution in [2.45, 2.75) is 18.0 Å². The highest BCUT2D eigenvalue weighted by molar-refractivity contribution is 14.0. The van der Waals surface area contributed by atoms with Gasteiger partial charge in [0.1, 0.15) is 0 Å². The molecule has 0 radical (unpaired) electrons. The van der Waals surface area contributed by atoms with Gasteiger partial charge in [0.25, 0.3) is 0 Å². The van der Waals surface area contributed by atoms with Crippen LogP contribution >= 0.6 is 35.6 Å². The predicted octanol–water partition coefficient (Wildman–Crippen LogP) is 2.47. The Morgan fingerprint density at radius 2 is 1.80 bits per heavy atom. The summed E-state index contributed by atoms with van der Waals surface area (Å²) in [5.41, 5.74) is 1.74. The second kappa shape index (κ2) is 9.95. The molecule has 0 aliphatic rings. The maximum absolute atomic E-state index is 11.4.